The molecule has 1 aliphatic heterocycles. The van der Waals surface area contributed by atoms with Crippen LogP contribution in [0.2, 0.25) is 0 Å². The number of carbonyl (C=O) groups excluding carboxylic acids is 1. The first kappa shape index (κ1) is 19.5. The number of piperazine rings is 1. The van der Waals surface area contributed by atoms with Gasteiger partial charge in [-0.3, -0.25) is 0 Å². The van der Waals surface area contributed by atoms with E-state index >= 15 is 0 Å². The number of carbonyl (C=O) groups is 1. The van der Waals surface area contributed by atoms with Crippen LogP contribution in [0.1, 0.15) is 28.9 Å². The molecule has 2 aromatic rings. The van der Waals surface area contributed by atoms with Crippen molar-refractivity contribution >= 4 is 16.0 Å². The quantitative estimate of drug-likeness (QED) is 0.791. The summed E-state index contributed by atoms with van der Waals surface area (Å²) >= 11 is 0. The summed E-state index contributed by atoms with van der Waals surface area (Å²) in [6, 6.07) is 11.2. The third-order valence-corrected chi connectivity index (χ3v) is 6.28. The Bertz CT molecular complexity index is 933. The fraction of sp³-hybridized carbons (Fsp3) is 0.316. The largest absolute Gasteiger partial charge is 0.462 e. The van der Waals surface area contributed by atoms with E-state index in [4.69, 9.17) is 4.74 Å². The average molecular weight is 392 g/mol. The summed E-state index contributed by atoms with van der Waals surface area (Å²) in [6.07, 6.45) is 0. The van der Waals surface area contributed by atoms with Crippen LogP contribution < -0.4 is 5.32 Å². The minimum absolute atomic E-state index is 0.0105. The van der Waals surface area contributed by atoms with Crippen molar-refractivity contribution in [3.8, 4) is 0 Å². The number of benzene rings is 2. The second-order valence-corrected chi connectivity index (χ2v) is 8.03. The summed E-state index contributed by atoms with van der Waals surface area (Å²) in [5.41, 5.74) is 0.752. The standard InChI is InChI=1S/C19H21FN2O4S/c1-2-26-19(23)15-6-4-8-17(12-15)27(24,25)22-10-9-21-13-18(22)14-5-3-7-16(20)11-14/h3-8,11-12,18,21H,2,9-10,13H2,1H3. The first-order valence-corrected chi connectivity index (χ1v) is 10.1. The maximum atomic E-state index is 13.6. The van der Waals surface area contributed by atoms with Crippen LogP contribution in [-0.2, 0) is 14.8 Å². The highest BCUT2D eigenvalue weighted by Crippen LogP contribution is 2.29. The van der Waals surface area contributed by atoms with E-state index in [9.17, 15) is 17.6 Å². The summed E-state index contributed by atoms with van der Waals surface area (Å²) in [5.74, 6) is -0.990. The van der Waals surface area contributed by atoms with Crippen molar-refractivity contribution in [1.82, 2.24) is 9.62 Å². The van der Waals surface area contributed by atoms with E-state index in [2.05, 4.69) is 5.32 Å². The number of sulfonamides is 1. The van der Waals surface area contributed by atoms with Crippen LogP contribution in [0, 0.1) is 5.82 Å². The molecular weight excluding hydrogens is 371 g/mol. The predicted molar refractivity (Wildman–Crippen MR) is 98.3 cm³/mol. The lowest BCUT2D eigenvalue weighted by molar-refractivity contribution is 0.0526. The van der Waals surface area contributed by atoms with Crippen molar-refractivity contribution in [2.24, 2.45) is 0 Å². The summed E-state index contributed by atoms with van der Waals surface area (Å²) in [7, 11) is -3.88. The normalized spacial score (nSPS) is 18.2. The highest BCUT2D eigenvalue weighted by atomic mass is 32.2. The molecule has 6 nitrogen and oxygen atoms in total. The van der Waals surface area contributed by atoms with Gasteiger partial charge in [0.1, 0.15) is 5.82 Å². The topological polar surface area (TPSA) is 75.7 Å². The molecule has 0 aliphatic carbocycles. The molecule has 1 aliphatic rings. The Hall–Kier alpha value is -2.29. The van der Waals surface area contributed by atoms with Gasteiger partial charge in [-0.05, 0) is 42.8 Å². The molecule has 1 unspecified atom stereocenters. The number of hydrogen-bond acceptors (Lipinski definition) is 5. The van der Waals surface area contributed by atoms with Gasteiger partial charge in [0.2, 0.25) is 10.0 Å². The molecule has 0 spiro atoms. The third-order valence-electron chi connectivity index (χ3n) is 4.38. The lowest BCUT2D eigenvalue weighted by Crippen LogP contribution is -2.48. The van der Waals surface area contributed by atoms with Gasteiger partial charge < -0.3 is 10.1 Å². The molecule has 1 fully saturated rings. The van der Waals surface area contributed by atoms with Crippen molar-refractivity contribution in [2.45, 2.75) is 17.9 Å². The Kier molecular flexibility index (Phi) is 5.88. The van der Waals surface area contributed by atoms with E-state index in [1.807, 2.05) is 0 Å². The number of ether oxygens (including phenoxy) is 1. The van der Waals surface area contributed by atoms with E-state index in [-0.39, 0.29) is 23.6 Å². The van der Waals surface area contributed by atoms with E-state index in [1.165, 1.54) is 40.7 Å². The molecule has 1 atom stereocenters. The van der Waals surface area contributed by atoms with Gasteiger partial charge in [-0.2, -0.15) is 4.31 Å². The lowest BCUT2D eigenvalue weighted by atomic mass is 10.1. The molecule has 1 saturated heterocycles. The highest BCUT2D eigenvalue weighted by molar-refractivity contribution is 7.89. The highest BCUT2D eigenvalue weighted by Gasteiger charge is 2.34. The molecular formula is C19H21FN2O4S. The van der Waals surface area contributed by atoms with Crippen LogP contribution in [-0.4, -0.2) is 44.9 Å². The molecule has 0 amide bonds. The summed E-state index contributed by atoms with van der Waals surface area (Å²) < 4.78 is 46.4. The Labute approximate surface area is 158 Å². The fourth-order valence-corrected chi connectivity index (χ4v) is 4.76. The zero-order chi connectivity index (χ0) is 19.4. The van der Waals surface area contributed by atoms with Gasteiger partial charge in [-0.25, -0.2) is 17.6 Å². The lowest BCUT2D eigenvalue weighted by Gasteiger charge is -2.35. The van der Waals surface area contributed by atoms with Gasteiger partial charge in [-0.15, -0.1) is 0 Å². The monoisotopic (exact) mass is 392 g/mol. The molecule has 0 bridgehead atoms. The maximum Gasteiger partial charge on any atom is 0.338 e. The van der Waals surface area contributed by atoms with E-state index < -0.39 is 27.9 Å². The van der Waals surface area contributed by atoms with Gasteiger partial charge in [-0.1, -0.05) is 18.2 Å². The number of esters is 1. The number of halogens is 1. The number of rotatable bonds is 5. The molecule has 1 N–H and O–H groups in total. The Morgan fingerprint density at radius 1 is 1.26 bits per heavy atom. The summed E-state index contributed by atoms with van der Waals surface area (Å²) in [6.45, 7) is 2.99. The Morgan fingerprint density at radius 3 is 2.78 bits per heavy atom. The zero-order valence-electron chi connectivity index (χ0n) is 14.9. The molecule has 27 heavy (non-hydrogen) atoms. The van der Waals surface area contributed by atoms with Crippen molar-refractivity contribution in [3.05, 3.63) is 65.5 Å². The smallest absolute Gasteiger partial charge is 0.338 e. The second-order valence-electron chi connectivity index (χ2n) is 6.14. The van der Waals surface area contributed by atoms with Crippen LogP contribution in [0.5, 0.6) is 0 Å². The van der Waals surface area contributed by atoms with Crippen LogP contribution in [0.25, 0.3) is 0 Å². The molecule has 0 saturated carbocycles. The first-order chi connectivity index (χ1) is 12.9. The number of hydrogen-bond donors (Lipinski definition) is 1. The fourth-order valence-electron chi connectivity index (χ4n) is 3.10. The molecule has 144 valence electrons. The SMILES string of the molecule is CCOC(=O)c1cccc(S(=O)(=O)N2CCNCC2c2cccc(F)c2)c1. The zero-order valence-corrected chi connectivity index (χ0v) is 15.7. The maximum absolute atomic E-state index is 13.6. The molecule has 3 rings (SSSR count). The number of nitrogens with one attached hydrogen (secondary N) is 1. The second kappa shape index (κ2) is 8.16. The van der Waals surface area contributed by atoms with Gasteiger partial charge in [0.15, 0.2) is 0 Å². The van der Waals surface area contributed by atoms with Crippen LogP contribution in [0.3, 0.4) is 0 Å². The van der Waals surface area contributed by atoms with Gasteiger partial charge in [0, 0.05) is 19.6 Å². The van der Waals surface area contributed by atoms with Gasteiger partial charge in [0.25, 0.3) is 0 Å². The Morgan fingerprint density at radius 2 is 2.04 bits per heavy atom. The number of nitrogens with zero attached hydrogens (tertiary/aromatic N) is 1. The minimum Gasteiger partial charge on any atom is -0.462 e. The molecule has 1 heterocycles. The molecule has 8 heteroatoms. The molecule has 0 radical (unpaired) electrons. The van der Waals surface area contributed by atoms with Gasteiger partial charge in [0.05, 0.1) is 23.1 Å². The Balaban J connectivity index is 1.97. The van der Waals surface area contributed by atoms with Gasteiger partial charge >= 0.3 is 5.97 Å². The predicted octanol–water partition coefficient (Wildman–Crippen LogP) is 2.34. The van der Waals surface area contributed by atoms with Crippen LogP contribution in [0.4, 0.5) is 4.39 Å². The summed E-state index contributed by atoms with van der Waals surface area (Å²) in [5, 5.41) is 3.15. The minimum atomic E-state index is -3.88. The third kappa shape index (κ3) is 4.18. The first-order valence-electron chi connectivity index (χ1n) is 8.68. The summed E-state index contributed by atoms with van der Waals surface area (Å²) in [4.78, 5) is 12.0. The van der Waals surface area contributed by atoms with E-state index in [0.717, 1.165) is 0 Å². The van der Waals surface area contributed by atoms with E-state index in [1.54, 1.807) is 19.1 Å². The van der Waals surface area contributed by atoms with Crippen LogP contribution in [0.15, 0.2) is 53.4 Å². The van der Waals surface area contributed by atoms with Crippen molar-refractivity contribution in [3.63, 3.8) is 0 Å². The van der Waals surface area contributed by atoms with Crippen LogP contribution >= 0.6 is 0 Å². The van der Waals surface area contributed by atoms with E-state index in [0.29, 0.717) is 18.7 Å². The van der Waals surface area contributed by atoms with Crippen molar-refractivity contribution in [2.75, 3.05) is 26.2 Å². The van der Waals surface area contributed by atoms with Crippen molar-refractivity contribution < 1.29 is 22.3 Å². The molecule has 0 aromatic heterocycles. The average Bonchev–Trinajstić information content (AvgIpc) is 2.68. The molecule has 2 aromatic carbocycles. The van der Waals surface area contributed by atoms with Crippen molar-refractivity contribution in [1.29, 1.82) is 0 Å².